The molecule has 2 aromatic rings. The number of hydrogen-bond acceptors (Lipinski definition) is 6. The molecule has 1 aliphatic rings. The summed E-state index contributed by atoms with van der Waals surface area (Å²) in [5.74, 6) is 0.00647. The Morgan fingerprint density at radius 3 is 2.81 bits per heavy atom. The first kappa shape index (κ1) is 18.8. The molecule has 7 nitrogen and oxygen atoms in total. The molecule has 0 fully saturated rings. The maximum absolute atomic E-state index is 13.1. The third kappa shape index (κ3) is 3.59. The highest BCUT2D eigenvalue weighted by Crippen LogP contribution is 2.38. The average molecular weight is 395 g/mol. The van der Waals surface area contributed by atoms with Crippen LogP contribution in [-0.2, 0) is 21.2 Å². The number of anilines is 2. The van der Waals surface area contributed by atoms with Crippen molar-refractivity contribution >= 4 is 38.1 Å². The van der Waals surface area contributed by atoms with Gasteiger partial charge >= 0.3 is 0 Å². The number of nitrogens with zero attached hydrogens (tertiary/aromatic N) is 3. The molecule has 1 aromatic heterocycles. The van der Waals surface area contributed by atoms with Crippen LogP contribution in [0.1, 0.15) is 38.3 Å². The van der Waals surface area contributed by atoms with Crippen LogP contribution >= 0.6 is 11.3 Å². The van der Waals surface area contributed by atoms with Gasteiger partial charge in [0.15, 0.2) is 0 Å². The molecule has 1 amide bonds. The average Bonchev–Trinajstić information content (AvgIpc) is 3.09. The first-order valence-electron chi connectivity index (χ1n) is 8.46. The molecule has 26 heavy (non-hydrogen) atoms. The topological polar surface area (TPSA) is 92.3 Å². The molecule has 0 aliphatic carbocycles. The van der Waals surface area contributed by atoms with E-state index >= 15 is 0 Å². The molecule has 2 heterocycles. The van der Waals surface area contributed by atoms with Crippen molar-refractivity contribution in [1.29, 1.82) is 0 Å². The third-order valence-electron chi connectivity index (χ3n) is 4.11. The Balaban J connectivity index is 1.87. The van der Waals surface area contributed by atoms with E-state index in [0.29, 0.717) is 18.5 Å². The fraction of sp³-hybridized carbons (Fsp3) is 0.471. The minimum atomic E-state index is -3.83. The lowest BCUT2D eigenvalue weighted by Gasteiger charge is -2.22. The van der Waals surface area contributed by atoms with E-state index in [-0.39, 0.29) is 27.3 Å². The molecule has 0 unspecified atom stereocenters. The van der Waals surface area contributed by atoms with E-state index in [1.807, 2.05) is 45.9 Å². The Kier molecular flexibility index (Phi) is 5.03. The number of carbonyl (C=O) groups excluding carboxylic acids is 1. The van der Waals surface area contributed by atoms with Crippen LogP contribution in [0.2, 0.25) is 0 Å². The SMILES string of the molecule is Cc1ccc2c(c1)C[C@H](C)N2S(=O)(=O)c1nnc(NC(=O)CC(C)C)s1. The van der Waals surface area contributed by atoms with Crippen molar-refractivity contribution in [3.05, 3.63) is 29.3 Å². The highest BCUT2D eigenvalue weighted by Gasteiger charge is 2.38. The van der Waals surface area contributed by atoms with Gasteiger partial charge in [0.2, 0.25) is 11.0 Å². The quantitative estimate of drug-likeness (QED) is 0.787. The fourth-order valence-electron chi connectivity index (χ4n) is 3.09. The largest absolute Gasteiger partial charge is 0.300 e. The molecule has 0 bridgehead atoms. The molecule has 0 saturated heterocycles. The number of rotatable bonds is 5. The minimum absolute atomic E-state index is 0.113. The maximum atomic E-state index is 13.1. The predicted octanol–water partition coefficient (Wildman–Crippen LogP) is 2.97. The van der Waals surface area contributed by atoms with Gasteiger partial charge in [-0.3, -0.25) is 9.10 Å². The summed E-state index contributed by atoms with van der Waals surface area (Å²) in [5.41, 5.74) is 2.79. The normalized spacial score (nSPS) is 16.8. The van der Waals surface area contributed by atoms with Crippen LogP contribution < -0.4 is 9.62 Å². The van der Waals surface area contributed by atoms with Gasteiger partial charge in [0, 0.05) is 12.5 Å². The number of carbonyl (C=O) groups is 1. The summed E-state index contributed by atoms with van der Waals surface area (Å²) < 4.78 is 27.5. The number of hydrogen-bond donors (Lipinski definition) is 1. The highest BCUT2D eigenvalue weighted by atomic mass is 32.2. The maximum Gasteiger partial charge on any atom is 0.293 e. The van der Waals surface area contributed by atoms with Gasteiger partial charge in [0.25, 0.3) is 14.4 Å². The molecule has 0 saturated carbocycles. The van der Waals surface area contributed by atoms with Crippen LogP contribution in [0.4, 0.5) is 10.8 Å². The van der Waals surface area contributed by atoms with E-state index in [1.165, 1.54) is 4.31 Å². The summed E-state index contributed by atoms with van der Waals surface area (Å²) in [5, 5.41) is 10.5. The van der Waals surface area contributed by atoms with Crippen LogP contribution in [0, 0.1) is 12.8 Å². The van der Waals surface area contributed by atoms with Gasteiger partial charge in [0.05, 0.1) is 5.69 Å². The Morgan fingerprint density at radius 2 is 2.12 bits per heavy atom. The number of sulfonamides is 1. The van der Waals surface area contributed by atoms with Crippen LogP contribution in [0.15, 0.2) is 22.5 Å². The summed E-state index contributed by atoms with van der Waals surface area (Å²) in [7, 11) is -3.83. The summed E-state index contributed by atoms with van der Waals surface area (Å²) in [6.07, 6.45) is 1.00. The molecular formula is C17H22N4O3S2. The van der Waals surface area contributed by atoms with Gasteiger partial charge in [-0.1, -0.05) is 42.9 Å². The lowest BCUT2D eigenvalue weighted by atomic mass is 10.1. The molecule has 0 radical (unpaired) electrons. The predicted molar refractivity (Wildman–Crippen MR) is 102 cm³/mol. The fourth-order valence-corrected chi connectivity index (χ4v) is 5.78. The van der Waals surface area contributed by atoms with Gasteiger partial charge in [-0.25, -0.2) is 0 Å². The summed E-state index contributed by atoms with van der Waals surface area (Å²) >= 11 is 0.878. The van der Waals surface area contributed by atoms with E-state index in [9.17, 15) is 13.2 Å². The Hall–Kier alpha value is -2.00. The van der Waals surface area contributed by atoms with Crippen molar-refractivity contribution < 1.29 is 13.2 Å². The Bertz CT molecular complexity index is 937. The second-order valence-corrected chi connectivity index (χ2v) is 9.97. The van der Waals surface area contributed by atoms with Gasteiger partial charge in [0.1, 0.15) is 0 Å². The second-order valence-electron chi connectivity index (χ2n) is 7.01. The molecule has 1 N–H and O–H groups in total. The molecule has 9 heteroatoms. The monoisotopic (exact) mass is 394 g/mol. The molecule has 3 rings (SSSR count). The second kappa shape index (κ2) is 6.96. The third-order valence-corrected chi connectivity index (χ3v) is 7.23. The molecule has 1 aromatic carbocycles. The van der Waals surface area contributed by atoms with Gasteiger partial charge in [-0.15, -0.1) is 10.2 Å². The molecular weight excluding hydrogens is 372 g/mol. The molecule has 1 atom stereocenters. The van der Waals surface area contributed by atoms with Crippen LogP contribution in [0.25, 0.3) is 0 Å². The smallest absolute Gasteiger partial charge is 0.293 e. The van der Waals surface area contributed by atoms with E-state index in [4.69, 9.17) is 0 Å². The summed E-state index contributed by atoms with van der Waals surface area (Å²) in [6, 6.07) is 5.55. The van der Waals surface area contributed by atoms with Crippen molar-refractivity contribution in [2.24, 2.45) is 5.92 Å². The zero-order valence-corrected chi connectivity index (χ0v) is 16.8. The van der Waals surface area contributed by atoms with Crippen molar-refractivity contribution in [2.45, 2.75) is 50.9 Å². The van der Waals surface area contributed by atoms with Gasteiger partial charge in [-0.05, 0) is 37.8 Å². The number of fused-ring (bicyclic) bond motifs is 1. The van der Waals surface area contributed by atoms with E-state index < -0.39 is 10.0 Å². The Labute approximate surface area is 157 Å². The number of amides is 1. The number of aryl methyl sites for hydroxylation is 1. The van der Waals surface area contributed by atoms with E-state index in [1.54, 1.807) is 0 Å². The summed E-state index contributed by atoms with van der Waals surface area (Å²) in [4.78, 5) is 11.9. The molecule has 0 spiro atoms. The number of aromatic nitrogens is 2. The minimum Gasteiger partial charge on any atom is -0.300 e. The van der Waals surface area contributed by atoms with E-state index in [0.717, 1.165) is 22.5 Å². The lowest BCUT2D eigenvalue weighted by Crippen LogP contribution is -2.35. The van der Waals surface area contributed by atoms with Crippen molar-refractivity contribution in [3.63, 3.8) is 0 Å². The number of benzene rings is 1. The highest BCUT2D eigenvalue weighted by molar-refractivity contribution is 7.94. The first-order chi connectivity index (χ1) is 12.2. The summed E-state index contributed by atoms with van der Waals surface area (Å²) in [6.45, 7) is 7.73. The van der Waals surface area contributed by atoms with Crippen molar-refractivity contribution in [2.75, 3.05) is 9.62 Å². The molecule has 140 valence electrons. The first-order valence-corrected chi connectivity index (χ1v) is 10.7. The lowest BCUT2D eigenvalue weighted by molar-refractivity contribution is -0.116. The van der Waals surface area contributed by atoms with Gasteiger partial charge < -0.3 is 5.32 Å². The van der Waals surface area contributed by atoms with Crippen molar-refractivity contribution in [1.82, 2.24) is 10.2 Å². The Morgan fingerprint density at radius 1 is 1.38 bits per heavy atom. The molecule has 1 aliphatic heterocycles. The van der Waals surface area contributed by atoms with Crippen molar-refractivity contribution in [3.8, 4) is 0 Å². The van der Waals surface area contributed by atoms with Crippen LogP contribution in [-0.4, -0.2) is 30.6 Å². The standard InChI is InChI=1S/C17H22N4O3S2/c1-10(2)7-15(22)18-16-19-20-17(25-16)26(23,24)21-12(4)9-13-8-11(3)5-6-14(13)21/h5-6,8,10,12H,7,9H2,1-4H3,(H,18,19,22)/t12-/m0/s1. The zero-order chi connectivity index (χ0) is 19.1. The van der Waals surface area contributed by atoms with Crippen LogP contribution in [0.3, 0.4) is 0 Å². The van der Waals surface area contributed by atoms with Gasteiger partial charge in [-0.2, -0.15) is 8.42 Å². The van der Waals surface area contributed by atoms with Crippen LogP contribution in [0.5, 0.6) is 0 Å². The zero-order valence-electron chi connectivity index (χ0n) is 15.2. The van der Waals surface area contributed by atoms with E-state index in [2.05, 4.69) is 15.5 Å². The number of nitrogens with one attached hydrogen (secondary N) is 1.